The first-order valence-electron chi connectivity index (χ1n) is 6.32. The summed E-state index contributed by atoms with van der Waals surface area (Å²) in [5.74, 6) is -0.298. The molecule has 0 radical (unpaired) electrons. The van der Waals surface area contributed by atoms with Crippen LogP contribution in [0.1, 0.15) is 19.3 Å². The van der Waals surface area contributed by atoms with Crippen molar-refractivity contribution in [3.8, 4) is 0 Å². The Labute approximate surface area is 123 Å². The summed E-state index contributed by atoms with van der Waals surface area (Å²) in [4.78, 5) is 15.6. The molecule has 1 saturated heterocycles. The minimum atomic E-state index is -3.82. The van der Waals surface area contributed by atoms with E-state index in [1.54, 1.807) is 0 Å². The van der Waals surface area contributed by atoms with Gasteiger partial charge in [-0.15, -0.1) is 0 Å². The number of carbonyl (C=O) groups excluding carboxylic acids is 1. The maximum absolute atomic E-state index is 12.7. The van der Waals surface area contributed by atoms with Crippen LogP contribution in [-0.4, -0.2) is 43.2 Å². The van der Waals surface area contributed by atoms with E-state index in [1.165, 1.54) is 29.7 Å². The molecule has 1 aliphatic rings. The van der Waals surface area contributed by atoms with Gasteiger partial charge in [-0.2, -0.15) is 4.31 Å². The maximum atomic E-state index is 12.7. The molecule has 1 atom stereocenters. The highest BCUT2D eigenvalue weighted by Gasteiger charge is 2.38. The fraction of sp³-hybridized carbons (Fsp3) is 0.500. The van der Waals surface area contributed by atoms with E-state index in [1.807, 2.05) is 0 Å². The van der Waals surface area contributed by atoms with Crippen LogP contribution in [-0.2, 0) is 14.8 Å². The topological polar surface area (TPSA) is 79.4 Å². The number of hydrogen-bond acceptors (Lipinski definition) is 4. The number of aromatic nitrogens is 1. The van der Waals surface area contributed by atoms with Crippen molar-refractivity contribution in [1.82, 2.24) is 14.6 Å². The Hall–Kier alpha value is -1.18. The lowest BCUT2D eigenvalue weighted by molar-refractivity contribution is -0.125. The molecule has 110 valence electrons. The molecule has 2 rings (SSSR count). The molecule has 20 heavy (non-hydrogen) atoms. The fourth-order valence-corrected chi connectivity index (χ4v) is 4.40. The molecule has 0 bridgehead atoms. The summed E-state index contributed by atoms with van der Waals surface area (Å²) in [5.41, 5.74) is 0. The number of amides is 1. The van der Waals surface area contributed by atoms with Crippen molar-refractivity contribution in [2.75, 3.05) is 13.6 Å². The van der Waals surface area contributed by atoms with Gasteiger partial charge < -0.3 is 5.32 Å². The molecule has 0 aromatic carbocycles. The Kier molecular flexibility index (Phi) is 4.62. The zero-order valence-corrected chi connectivity index (χ0v) is 12.6. The van der Waals surface area contributed by atoms with Gasteiger partial charge in [0, 0.05) is 19.8 Å². The molecule has 1 aromatic rings. The monoisotopic (exact) mass is 317 g/mol. The van der Waals surface area contributed by atoms with Crippen molar-refractivity contribution >= 4 is 27.5 Å². The van der Waals surface area contributed by atoms with Crippen molar-refractivity contribution in [2.24, 2.45) is 0 Å². The first kappa shape index (κ1) is 15.2. The molecule has 0 saturated carbocycles. The van der Waals surface area contributed by atoms with Crippen molar-refractivity contribution < 1.29 is 13.2 Å². The second kappa shape index (κ2) is 6.07. The summed E-state index contributed by atoms with van der Waals surface area (Å²) in [6.45, 7) is 0.311. The van der Waals surface area contributed by atoms with E-state index in [0.29, 0.717) is 13.0 Å². The molecule has 1 aromatic heterocycles. The number of halogens is 1. The van der Waals surface area contributed by atoms with Gasteiger partial charge in [0.25, 0.3) is 0 Å². The van der Waals surface area contributed by atoms with Crippen LogP contribution in [0.15, 0.2) is 23.2 Å². The first-order valence-corrected chi connectivity index (χ1v) is 8.14. The number of hydrogen-bond donors (Lipinski definition) is 1. The summed E-state index contributed by atoms with van der Waals surface area (Å²) in [5, 5.41) is 2.43. The number of piperidine rings is 1. The SMILES string of the molecule is CNC(=O)C1CCCCN1S(=O)(=O)c1cccnc1Cl. The lowest BCUT2D eigenvalue weighted by Gasteiger charge is -2.33. The fourth-order valence-electron chi connectivity index (χ4n) is 2.31. The minimum Gasteiger partial charge on any atom is -0.358 e. The van der Waals surface area contributed by atoms with E-state index < -0.39 is 16.1 Å². The van der Waals surface area contributed by atoms with Crippen LogP contribution in [0.4, 0.5) is 0 Å². The van der Waals surface area contributed by atoms with E-state index in [-0.39, 0.29) is 16.0 Å². The highest BCUT2D eigenvalue weighted by Crippen LogP contribution is 2.28. The average Bonchev–Trinajstić information content (AvgIpc) is 2.46. The van der Waals surface area contributed by atoms with E-state index >= 15 is 0 Å². The van der Waals surface area contributed by atoms with Crippen LogP contribution < -0.4 is 5.32 Å². The van der Waals surface area contributed by atoms with E-state index in [0.717, 1.165) is 12.8 Å². The summed E-state index contributed by atoms with van der Waals surface area (Å²) < 4.78 is 26.5. The van der Waals surface area contributed by atoms with Crippen LogP contribution >= 0.6 is 11.6 Å². The van der Waals surface area contributed by atoms with E-state index in [4.69, 9.17) is 11.6 Å². The minimum absolute atomic E-state index is 0.0579. The lowest BCUT2D eigenvalue weighted by atomic mass is 10.0. The average molecular weight is 318 g/mol. The predicted octanol–water partition coefficient (Wildman–Crippen LogP) is 1.02. The number of carbonyl (C=O) groups is 1. The highest BCUT2D eigenvalue weighted by molar-refractivity contribution is 7.89. The third-order valence-electron chi connectivity index (χ3n) is 3.31. The van der Waals surface area contributed by atoms with Crippen molar-refractivity contribution in [2.45, 2.75) is 30.2 Å². The smallest absolute Gasteiger partial charge is 0.246 e. The van der Waals surface area contributed by atoms with Crippen molar-refractivity contribution in [3.05, 3.63) is 23.5 Å². The molecule has 1 amide bonds. The van der Waals surface area contributed by atoms with Crippen LogP contribution in [0.2, 0.25) is 5.15 Å². The Morgan fingerprint density at radius 2 is 2.25 bits per heavy atom. The van der Waals surface area contributed by atoms with Crippen molar-refractivity contribution in [1.29, 1.82) is 0 Å². The van der Waals surface area contributed by atoms with Gasteiger partial charge in [-0.3, -0.25) is 4.79 Å². The Bertz CT molecular complexity index is 606. The molecule has 1 aliphatic heterocycles. The van der Waals surface area contributed by atoms with E-state index in [2.05, 4.69) is 10.3 Å². The highest BCUT2D eigenvalue weighted by atomic mass is 35.5. The Morgan fingerprint density at radius 3 is 2.90 bits per heavy atom. The van der Waals surface area contributed by atoms with Gasteiger partial charge in [0.2, 0.25) is 15.9 Å². The Morgan fingerprint density at radius 1 is 1.50 bits per heavy atom. The van der Waals surface area contributed by atoms with Gasteiger partial charge in [-0.1, -0.05) is 18.0 Å². The predicted molar refractivity (Wildman–Crippen MR) is 74.8 cm³/mol. The van der Waals surface area contributed by atoms with Crippen LogP contribution in [0.5, 0.6) is 0 Å². The number of nitrogens with zero attached hydrogens (tertiary/aromatic N) is 2. The molecule has 0 spiro atoms. The molecule has 1 fully saturated rings. The summed E-state index contributed by atoms with van der Waals surface area (Å²) in [7, 11) is -2.32. The molecule has 1 unspecified atom stereocenters. The standard InChI is InChI=1S/C12H16ClN3O3S/c1-14-12(17)9-5-2-3-8-16(9)20(18,19)10-6-4-7-15-11(10)13/h4,6-7,9H,2-3,5,8H2,1H3,(H,14,17). The number of likely N-dealkylation sites (N-methyl/N-ethyl adjacent to an activating group) is 1. The summed E-state index contributed by atoms with van der Waals surface area (Å²) >= 11 is 5.87. The van der Waals surface area contributed by atoms with Gasteiger partial charge in [0.15, 0.2) is 0 Å². The van der Waals surface area contributed by atoms with Gasteiger partial charge in [0.1, 0.15) is 16.1 Å². The third-order valence-corrected chi connectivity index (χ3v) is 5.67. The zero-order chi connectivity index (χ0) is 14.8. The number of sulfonamides is 1. The quantitative estimate of drug-likeness (QED) is 0.844. The van der Waals surface area contributed by atoms with Gasteiger partial charge >= 0.3 is 0 Å². The zero-order valence-electron chi connectivity index (χ0n) is 11.0. The van der Waals surface area contributed by atoms with Gasteiger partial charge in [0.05, 0.1) is 0 Å². The van der Waals surface area contributed by atoms with Crippen LogP contribution in [0.3, 0.4) is 0 Å². The third kappa shape index (κ3) is 2.79. The summed E-state index contributed by atoms with van der Waals surface area (Å²) in [6.07, 6.45) is 3.49. The second-order valence-corrected chi connectivity index (χ2v) is 6.75. The van der Waals surface area contributed by atoms with Gasteiger partial charge in [-0.25, -0.2) is 13.4 Å². The first-order chi connectivity index (χ1) is 9.48. The second-order valence-electron chi connectivity index (χ2n) is 4.53. The lowest BCUT2D eigenvalue weighted by Crippen LogP contribution is -2.51. The van der Waals surface area contributed by atoms with Gasteiger partial charge in [-0.05, 0) is 25.0 Å². The molecule has 1 N–H and O–H groups in total. The molecule has 8 heteroatoms. The van der Waals surface area contributed by atoms with E-state index in [9.17, 15) is 13.2 Å². The van der Waals surface area contributed by atoms with Crippen LogP contribution in [0.25, 0.3) is 0 Å². The Balaban J connectivity index is 2.41. The number of nitrogens with one attached hydrogen (secondary N) is 1. The molecule has 2 heterocycles. The largest absolute Gasteiger partial charge is 0.358 e. The number of rotatable bonds is 3. The number of pyridine rings is 1. The normalized spacial score (nSPS) is 20.6. The van der Waals surface area contributed by atoms with Crippen LogP contribution in [0, 0.1) is 0 Å². The molecule has 6 nitrogen and oxygen atoms in total. The molecular formula is C12H16ClN3O3S. The molecular weight excluding hydrogens is 302 g/mol. The molecule has 0 aliphatic carbocycles. The maximum Gasteiger partial charge on any atom is 0.246 e. The summed E-state index contributed by atoms with van der Waals surface area (Å²) in [6, 6.07) is 2.23. The van der Waals surface area contributed by atoms with Crippen molar-refractivity contribution in [3.63, 3.8) is 0 Å².